The Balaban J connectivity index is 2.41. The maximum atomic E-state index is 13.8. The monoisotopic (exact) mass is 311 g/mol. The number of hydrogen-bond acceptors (Lipinski definition) is 4. The summed E-state index contributed by atoms with van der Waals surface area (Å²) < 4.78 is 13.9. The average Bonchev–Trinajstić information content (AvgIpc) is 2.41. The number of nitrogens with one attached hydrogen (secondary N) is 1. The van der Waals surface area contributed by atoms with Gasteiger partial charge in [-0.05, 0) is 34.1 Å². The lowest BCUT2D eigenvalue weighted by molar-refractivity contribution is 0.311. The molecule has 0 radical (unpaired) electrons. The summed E-state index contributed by atoms with van der Waals surface area (Å²) in [7, 11) is 0. The van der Waals surface area contributed by atoms with Crippen LogP contribution in [0.3, 0.4) is 0 Å². The van der Waals surface area contributed by atoms with Gasteiger partial charge in [0, 0.05) is 24.5 Å². The van der Waals surface area contributed by atoms with E-state index in [2.05, 4.69) is 31.2 Å². The molecule has 0 amide bonds. The highest BCUT2D eigenvalue weighted by molar-refractivity contribution is 9.10. The van der Waals surface area contributed by atoms with Crippen LogP contribution in [0.2, 0.25) is 0 Å². The van der Waals surface area contributed by atoms with Crippen molar-refractivity contribution < 1.29 is 9.50 Å². The topological polar surface area (TPSA) is 58.0 Å². The molecular formula is C12H11BrFN3O. The van der Waals surface area contributed by atoms with Crippen molar-refractivity contribution in [2.24, 2.45) is 0 Å². The molecule has 0 saturated carbocycles. The van der Waals surface area contributed by atoms with Crippen molar-refractivity contribution in [1.82, 2.24) is 9.97 Å². The van der Waals surface area contributed by atoms with Gasteiger partial charge in [0.15, 0.2) is 5.82 Å². The van der Waals surface area contributed by atoms with Crippen LogP contribution < -0.4 is 5.32 Å². The largest absolute Gasteiger partial charge is 0.395 e. The predicted octanol–water partition coefficient (Wildman–Crippen LogP) is 2.45. The van der Waals surface area contributed by atoms with Crippen LogP contribution in [-0.2, 0) is 0 Å². The Kier molecular flexibility index (Phi) is 4.22. The van der Waals surface area contributed by atoms with Crippen molar-refractivity contribution in [2.45, 2.75) is 0 Å². The standard InChI is InChI=1S/C12H11BrFN3O/c13-12-11(14)10(16-4-5-18)6-9(17-12)8-2-1-3-15-7-8/h1-3,6-7,18H,4-5H2,(H,16,17). The maximum absolute atomic E-state index is 13.8. The van der Waals surface area contributed by atoms with Gasteiger partial charge in [0.05, 0.1) is 18.0 Å². The first kappa shape index (κ1) is 12.9. The van der Waals surface area contributed by atoms with Gasteiger partial charge in [-0.2, -0.15) is 0 Å². The van der Waals surface area contributed by atoms with Crippen LogP contribution in [-0.4, -0.2) is 28.2 Å². The fourth-order valence-corrected chi connectivity index (χ4v) is 1.88. The zero-order valence-corrected chi connectivity index (χ0v) is 11.0. The van der Waals surface area contributed by atoms with Gasteiger partial charge in [-0.1, -0.05) is 0 Å². The van der Waals surface area contributed by atoms with Gasteiger partial charge in [0.25, 0.3) is 0 Å². The summed E-state index contributed by atoms with van der Waals surface area (Å²) in [6, 6.07) is 5.22. The lowest BCUT2D eigenvalue weighted by atomic mass is 10.2. The molecule has 2 N–H and O–H groups in total. The SMILES string of the molecule is OCCNc1cc(-c2cccnc2)nc(Br)c1F. The van der Waals surface area contributed by atoms with Gasteiger partial charge in [-0.15, -0.1) is 0 Å². The minimum atomic E-state index is -0.476. The van der Waals surface area contributed by atoms with Crippen molar-refractivity contribution >= 4 is 21.6 Å². The summed E-state index contributed by atoms with van der Waals surface area (Å²) in [6.45, 7) is 0.210. The fourth-order valence-electron chi connectivity index (χ4n) is 1.48. The van der Waals surface area contributed by atoms with Crippen molar-refractivity contribution in [3.05, 3.63) is 41.0 Å². The van der Waals surface area contributed by atoms with E-state index < -0.39 is 5.82 Å². The highest BCUT2D eigenvalue weighted by Crippen LogP contribution is 2.27. The van der Waals surface area contributed by atoms with Gasteiger partial charge in [0.1, 0.15) is 4.60 Å². The molecule has 0 unspecified atom stereocenters. The molecule has 0 atom stereocenters. The van der Waals surface area contributed by atoms with E-state index in [4.69, 9.17) is 5.11 Å². The number of nitrogens with zero attached hydrogens (tertiary/aromatic N) is 2. The van der Waals surface area contributed by atoms with E-state index in [1.807, 2.05) is 6.07 Å². The number of aliphatic hydroxyl groups excluding tert-OH is 1. The summed E-state index contributed by atoms with van der Waals surface area (Å²) in [6.07, 6.45) is 3.31. The molecule has 0 spiro atoms. The third kappa shape index (κ3) is 2.83. The second-order valence-electron chi connectivity index (χ2n) is 3.55. The summed E-state index contributed by atoms with van der Waals surface area (Å²) >= 11 is 3.08. The van der Waals surface area contributed by atoms with Crippen molar-refractivity contribution in [1.29, 1.82) is 0 Å². The van der Waals surface area contributed by atoms with Crippen LogP contribution in [0.15, 0.2) is 35.2 Å². The highest BCUT2D eigenvalue weighted by atomic mass is 79.9. The molecule has 0 bridgehead atoms. The van der Waals surface area contributed by atoms with E-state index in [-0.39, 0.29) is 17.8 Å². The Morgan fingerprint density at radius 2 is 2.28 bits per heavy atom. The Morgan fingerprint density at radius 3 is 2.94 bits per heavy atom. The van der Waals surface area contributed by atoms with Crippen LogP contribution in [0, 0.1) is 5.82 Å². The summed E-state index contributed by atoms with van der Waals surface area (Å²) in [5, 5.41) is 11.5. The zero-order valence-electron chi connectivity index (χ0n) is 9.40. The first-order valence-corrected chi connectivity index (χ1v) is 6.13. The molecule has 94 valence electrons. The van der Waals surface area contributed by atoms with Crippen LogP contribution >= 0.6 is 15.9 Å². The third-order valence-corrected chi connectivity index (χ3v) is 2.83. The molecule has 4 nitrogen and oxygen atoms in total. The smallest absolute Gasteiger partial charge is 0.179 e. The van der Waals surface area contributed by atoms with Crippen molar-refractivity contribution in [3.8, 4) is 11.3 Å². The first-order valence-electron chi connectivity index (χ1n) is 5.33. The first-order chi connectivity index (χ1) is 8.72. The van der Waals surface area contributed by atoms with E-state index in [1.54, 1.807) is 24.5 Å². The minimum absolute atomic E-state index is 0.0678. The lowest BCUT2D eigenvalue weighted by Crippen LogP contribution is -2.08. The molecule has 0 saturated heterocycles. The summed E-state index contributed by atoms with van der Waals surface area (Å²) in [5.41, 5.74) is 1.70. The molecule has 0 aromatic carbocycles. The number of halogens is 2. The van der Waals surface area contributed by atoms with Gasteiger partial charge in [-0.25, -0.2) is 9.37 Å². The molecule has 2 aromatic heterocycles. The van der Waals surface area contributed by atoms with E-state index in [1.165, 1.54) is 0 Å². The van der Waals surface area contributed by atoms with E-state index in [9.17, 15) is 4.39 Å². The Labute approximate surface area is 112 Å². The van der Waals surface area contributed by atoms with Crippen molar-refractivity contribution in [2.75, 3.05) is 18.5 Å². The van der Waals surface area contributed by atoms with Gasteiger partial charge in [-0.3, -0.25) is 4.98 Å². The molecular weight excluding hydrogens is 301 g/mol. The summed E-state index contributed by atoms with van der Waals surface area (Å²) in [4.78, 5) is 8.11. The van der Waals surface area contributed by atoms with Crippen LogP contribution in [0.1, 0.15) is 0 Å². The second kappa shape index (κ2) is 5.88. The van der Waals surface area contributed by atoms with Gasteiger partial charge < -0.3 is 10.4 Å². The molecule has 0 aliphatic carbocycles. The zero-order chi connectivity index (χ0) is 13.0. The van der Waals surface area contributed by atoms with Crippen molar-refractivity contribution in [3.63, 3.8) is 0 Å². The quantitative estimate of drug-likeness (QED) is 0.852. The Hall–Kier alpha value is -1.53. The summed E-state index contributed by atoms with van der Waals surface area (Å²) in [5.74, 6) is -0.476. The third-order valence-electron chi connectivity index (χ3n) is 2.30. The molecule has 2 heterocycles. The minimum Gasteiger partial charge on any atom is -0.395 e. The number of pyridine rings is 2. The van der Waals surface area contributed by atoms with E-state index in [0.717, 1.165) is 5.56 Å². The maximum Gasteiger partial charge on any atom is 0.179 e. The highest BCUT2D eigenvalue weighted by Gasteiger charge is 2.11. The van der Waals surface area contributed by atoms with Crippen LogP contribution in [0.4, 0.5) is 10.1 Å². The molecule has 6 heteroatoms. The van der Waals surface area contributed by atoms with E-state index in [0.29, 0.717) is 11.4 Å². The second-order valence-corrected chi connectivity index (χ2v) is 4.30. The Bertz CT molecular complexity index is 536. The van der Waals surface area contributed by atoms with Gasteiger partial charge in [0.2, 0.25) is 0 Å². The van der Waals surface area contributed by atoms with Crippen LogP contribution in [0.25, 0.3) is 11.3 Å². The number of anilines is 1. The normalized spacial score (nSPS) is 10.4. The number of rotatable bonds is 4. The molecule has 2 aromatic rings. The lowest BCUT2D eigenvalue weighted by Gasteiger charge is -2.09. The fraction of sp³-hybridized carbons (Fsp3) is 0.167. The molecule has 18 heavy (non-hydrogen) atoms. The number of aliphatic hydroxyl groups is 1. The molecule has 2 rings (SSSR count). The Morgan fingerprint density at radius 1 is 1.44 bits per heavy atom. The van der Waals surface area contributed by atoms with Gasteiger partial charge >= 0.3 is 0 Å². The number of aromatic nitrogens is 2. The average molecular weight is 312 g/mol. The molecule has 0 aliphatic rings. The molecule has 0 aliphatic heterocycles. The van der Waals surface area contributed by atoms with E-state index >= 15 is 0 Å². The molecule has 0 fully saturated rings. The predicted molar refractivity (Wildman–Crippen MR) is 70.7 cm³/mol. The number of hydrogen-bond donors (Lipinski definition) is 2. The van der Waals surface area contributed by atoms with Crippen LogP contribution in [0.5, 0.6) is 0 Å².